The van der Waals surface area contributed by atoms with E-state index < -0.39 is 0 Å². The standard InChI is InChI=1S/C16H19FN4OS/c1-18-15(22)10-20-6-8-21(9-7-20)16-19-14(11-23-16)12-2-4-13(17)5-3-12/h2-5,11H,6-10H2,1H3,(H,18,22). The third-order valence-electron chi connectivity index (χ3n) is 3.92. The van der Waals surface area contributed by atoms with Crippen molar-refractivity contribution in [3.05, 3.63) is 35.5 Å². The van der Waals surface area contributed by atoms with Crippen LogP contribution in [0, 0.1) is 5.82 Å². The Hall–Kier alpha value is -1.99. The van der Waals surface area contributed by atoms with Gasteiger partial charge in [0, 0.05) is 44.2 Å². The second kappa shape index (κ2) is 7.06. The molecule has 3 rings (SSSR count). The zero-order valence-corrected chi connectivity index (χ0v) is 13.8. The van der Waals surface area contributed by atoms with Crippen LogP contribution in [0.1, 0.15) is 0 Å². The summed E-state index contributed by atoms with van der Waals surface area (Å²) in [6, 6.07) is 6.39. The van der Waals surface area contributed by atoms with Crippen LogP contribution in [0.2, 0.25) is 0 Å². The number of carbonyl (C=O) groups is 1. The second-order valence-electron chi connectivity index (χ2n) is 5.46. The highest BCUT2D eigenvalue weighted by Crippen LogP contribution is 2.28. The topological polar surface area (TPSA) is 48.5 Å². The van der Waals surface area contributed by atoms with E-state index in [1.807, 2.05) is 5.38 Å². The van der Waals surface area contributed by atoms with Crippen LogP contribution in [0.15, 0.2) is 29.6 Å². The first-order valence-corrected chi connectivity index (χ1v) is 8.43. The number of piperazine rings is 1. The predicted molar refractivity (Wildman–Crippen MR) is 90.2 cm³/mol. The number of likely N-dealkylation sites (N-methyl/N-ethyl adjacent to an activating group) is 1. The largest absolute Gasteiger partial charge is 0.358 e. The summed E-state index contributed by atoms with van der Waals surface area (Å²) >= 11 is 1.60. The lowest BCUT2D eigenvalue weighted by Crippen LogP contribution is -2.49. The summed E-state index contributed by atoms with van der Waals surface area (Å²) in [5.41, 5.74) is 1.80. The molecule has 1 saturated heterocycles. The van der Waals surface area contributed by atoms with Crippen LogP contribution in [0.25, 0.3) is 11.3 Å². The number of amides is 1. The van der Waals surface area contributed by atoms with Gasteiger partial charge in [0.2, 0.25) is 5.91 Å². The van der Waals surface area contributed by atoms with Crippen molar-refractivity contribution in [1.29, 1.82) is 0 Å². The van der Waals surface area contributed by atoms with Gasteiger partial charge < -0.3 is 10.2 Å². The molecule has 1 aliphatic rings. The fourth-order valence-corrected chi connectivity index (χ4v) is 3.43. The van der Waals surface area contributed by atoms with Crippen molar-refractivity contribution < 1.29 is 9.18 Å². The van der Waals surface area contributed by atoms with E-state index in [0.717, 1.165) is 42.6 Å². The number of anilines is 1. The molecule has 7 heteroatoms. The van der Waals surface area contributed by atoms with Crippen LogP contribution in [0.5, 0.6) is 0 Å². The summed E-state index contributed by atoms with van der Waals surface area (Å²) in [7, 11) is 1.66. The van der Waals surface area contributed by atoms with E-state index in [1.54, 1.807) is 30.5 Å². The third kappa shape index (κ3) is 3.86. The van der Waals surface area contributed by atoms with Gasteiger partial charge in [-0.15, -0.1) is 11.3 Å². The molecule has 0 atom stereocenters. The van der Waals surface area contributed by atoms with Crippen molar-refractivity contribution in [1.82, 2.24) is 15.2 Å². The molecule has 1 fully saturated rings. The van der Waals surface area contributed by atoms with Crippen molar-refractivity contribution in [2.75, 3.05) is 44.7 Å². The molecule has 1 amide bonds. The van der Waals surface area contributed by atoms with Crippen LogP contribution in [0.3, 0.4) is 0 Å². The number of halogens is 1. The van der Waals surface area contributed by atoms with E-state index >= 15 is 0 Å². The van der Waals surface area contributed by atoms with Crippen molar-refractivity contribution in [3.8, 4) is 11.3 Å². The van der Waals surface area contributed by atoms with E-state index in [9.17, 15) is 9.18 Å². The minimum absolute atomic E-state index is 0.0475. The first-order chi connectivity index (χ1) is 11.2. The quantitative estimate of drug-likeness (QED) is 0.927. The Labute approximate surface area is 138 Å². The smallest absolute Gasteiger partial charge is 0.233 e. The number of thiazole rings is 1. The molecule has 1 N–H and O–H groups in total. The average Bonchev–Trinajstić information content (AvgIpc) is 3.06. The number of aromatic nitrogens is 1. The lowest BCUT2D eigenvalue weighted by molar-refractivity contribution is -0.121. The SMILES string of the molecule is CNC(=O)CN1CCN(c2nc(-c3ccc(F)cc3)cs2)CC1. The number of benzene rings is 1. The number of nitrogens with one attached hydrogen (secondary N) is 1. The molecule has 0 radical (unpaired) electrons. The summed E-state index contributed by atoms with van der Waals surface area (Å²) in [5, 5.41) is 5.62. The zero-order valence-electron chi connectivity index (χ0n) is 13.0. The van der Waals surface area contributed by atoms with Crippen LogP contribution in [-0.2, 0) is 4.79 Å². The van der Waals surface area contributed by atoms with Crippen molar-refractivity contribution in [2.24, 2.45) is 0 Å². The Kier molecular flexibility index (Phi) is 4.88. The Bertz CT molecular complexity index is 665. The van der Waals surface area contributed by atoms with Gasteiger partial charge in [0.1, 0.15) is 5.82 Å². The van der Waals surface area contributed by atoms with Gasteiger partial charge in [0.25, 0.3) is 0 Å². The first-order valence-electron chi connectivity index (χ1n) is 7.55. The Balaban J connectivity index is 1.61. The highest BCUT2D eigenvalue weighted by atomic mass is 32.1. The van der Waals surface area contributed by atoms with E-state index in [4.69, 9.17) is 0 Å². The monoisotopic (exact) mass is 334 g/mol. The maximum atomic E-state index is 13.0. The Morgan fingerprint density at radius 1 is 1.26 bits per heavy atom. The van der Waals surface area contributed by atoms with Gasteiger partial charge in [0.05, 0.1) is 12.2 Å². The number of rotatable bonds is 4. The molecule has 0 saturated carbocycles. The number of hydrogen-bond donors (Lipinski definition) is 1. The minimum Gasteiger partial charge on any atom is -0.358 e. The molecule has 1 aromatic carbocycles. The maximum absolute atomic E-state index is 13.0. The van der Waals surface area contributed by atoms with E-state index in [2.05, 4.69) is 20.1 Å². The molecule has 0 spiro atoms. The number of carbonyl (C=O) groups excluding carboxylic acids is 1. The molecule has 2 heterocycles. The first kappa shape index (κ1) is 15.9. The summed E-state index contributed by atoms with van der Waals surface area (Å²) in [5.74, 6) is -0.192. The summed E-state index contributed by atoms with van der Waals surface area (Å²) in [6.45, 7) is 3.85. The molecule has 2 aromatic rings. The normalized spacial score (nSPS) is 15.7. The highest BCUT2D eigenvalue weighted by Gasteiger charge is 2.20. The van der Waals surface area contributed by atoms with E-state index in [0.29, 0.717) is 6.54 Å². The molecule has 1 aromatic heterocycles. The summed E-state index contributed by atoms with van der Waals surface area (Å²) < 4.78 is 13.0. The lowest BCUT2D eigenvalue weighted by Gasteiger charge is -2.33. The fourth-order valence-electron chi connectivity index (χ4n) is 2.54. The van der Waals surface area contributed by atoms with Gasteiger partial charge in [0.15, 0.2) is 5.13 Å². The second-order valence-corrected chi connectivity index (χ2v) is 6.30. The third-order valence-corrected chi connectivity index (χ3v) is 4.82. The van der Waals surface area contributed by atoms with E-state index in [1.165, 1.54) is 12.1 Å². The van der Waals surface area contributed by atoms with Gasteiger partial charge in [-0.05, 0) is 24.3 Å². The molecule has 0 aliphatic carbocycles. The summed E-state index contributed by atoms with van der Waals surface area (Å²) in [4.78, 5) is 20.4. The zero-order chi connectivity index (χ0) is 16.2. The molecule has 1 aliphatic heterocycles. The summed E-state index contributed by atoms with van der Waals surface area (Å²) in [6.07, 6.45) is 0. The molecule has 23 heavy (non-hydrogen) atoms. The van der Waals surface area contributed by atoms with Gasteiger partial charge in [-0.2, -0.15) is 0 Å². The van der Waals surface area contributed by atoms with Gasteiger partial charge >= 0.3 is 0 Å². The van der Waals surface area contributed by atoms with Gasteiger partial charge in [-0.3, -0.25) is 9.69 Å². The van der Waals surface area contributed by atoms with Gasteiger partial charge in [-0.25, -0.2) is 9.37 Å². The van der Waals surface area contributed by atoms with Crippen molar-refractivity contribution in [2.45, 2.75) is 0 Å². The van der Waals surface area contributed by atoms with Crippen LogP contribution < -0.4 is 10.2 Å². The van der Waals surface area contributed by atoms with Gasteiger partial charge in [-0.1, -0.05) is 0 Å². The van der Waals surface area contributed by atoms with Crippen LogP contribution >= 0.6 is 11.3 Å². The van der Waals surface area contributed by atoms with Crippen molar-refractivity contribution >= 4 is 22.4 Å². The Morgan fingerprint density at radius 2 is 1.96 bits per heavy atom. The highest BCUT2D eigenvalue weighted by molar-refractivity contribution is 7.14. The predicted octanol–water partition coefficient (Wildman–Crippen LogP) is 1.82. The maximum Gasteiger partial charge on any atom is 0.233 e. The number of nitrogens with zero attached hydrogens (tertiary/aromatic N) is 3. The molecule has 5 nitrogen and oxygen atoms in total. The lowest BCUT2D eigenvalue weighted by atomic mass is 10.2. The molecule has 0 unspecified atom stereocenters. The minimum atomic E-state index is -0.239. The average molecular weight is 334 g/mol. The number of hydrogen-bond acceptors (Lipinski definition) is 5. The molecule has 0 bridgehead atoms. The van der Waals surface area contributed by atoms with E-state index in [-0.39, 0.29) is 11.7 Å². The van der Waals surface area contributed by atoms with Crippen molar-refractivity contribution in [3.63, 3.8) is 0 Å². The van der Waals surface area contributed by atoms with Crippen LogP contribution in [-0.4, -0.2) is 55.6 Å². The Morgan fingerprint density at radius 3 is 2.61 bits per heavy atom. The molecule has 122 valence electrons. The van der Waals surface area contributed by atoms with Crippen LogP contribution in [0.4, 0.5) is 9.52 Å². The fraction of sp³-hybridized carbons (Fsp3) is 0.375. The molecular formula is C16H19FN4OS. The molecular weight excluding hydrogens is 315 g/mol.